The number of nitrogens with zero attached hydrogens (tertiary/aromatic N) is 4. The summed E-state index contributed by atoms with van der Waals surface area (Å²) in [6.07, 6.45) is -0.510. The van der Waals surface area contributed by atoms with Gasteiger partial charge in [0.1, 0.15) is 30.7 Å². The van der Waals surface area contributed by atoms with Crippen LogP contribution in [0.5, 0.6) is 5.75 Å². The van der Waals surface area contributed by atoms with Gasteiger partial charge in [0.2, 0.25) is 11.8 Å². The molecule has 2 aromatic heterocycles. The number of para-hydroxylation sites is 2. The Labute approximate surface area is 465 Å². The molecular weight excluding hydrogens is 1040 g/mol. The number of imide groups is 2. The highest BCUT2D eigenvalue weighted by molar-refractivity contribution is 6.31. The van der Waals surface area contributed by atoms with Gasteiger partial charge in [-0.3, -0.25) is 39.0 Å². The van der Waals surface area contributed by atoms with Gasteiger partial charge in [-0.15, -0.1) is 0 Å². The molecule has 2 bridgehead atoms. The number of amides is 6. The average Bonchev–Trinajstić information content (AvgIpc) is 2.38. The first-order valence-corrected chi connectivity index (χ1v) is 27.5. The molecule has 3 N–H and O–H groups in total. The highest BCUT2D eigenvalue weighted by Gasteiger charge is 2.55. The predicted molar refractivity (Wildman–Crippen MR) is 296 cm³/mol. The molecule has 422 valence electrons. The number of nitrogens with one attached hydrogen (secondary N) is 3. The van der Waals surface area contributed by atoms with Crippen molar-refractivity contribution in [2.75, 3.05) is 98.7 Å². The molecular formula is C60H63N7O14. The summed E-state index contributed by atoms with van der Waals surface area (Å²) >= 11 is 0. The molecule has 0 radical (unpaired) electrons. The number of carbonyl (C=O) groups excluding carboxylic acids is 6. The lowest BCUT2D eigenvalue weighted by atomic mass is 9.91. The van der Waals surface area contributed by atoms with Crippen molar-refractivity contribution in [3.8, 4) is 5.75 Å². The van der Waals surface area contributed by atoms with Crippen LogP contribution in [0.4, 0.5) is 5.69 Å². The number of carbonyl (C=O) groups is 6. The molecule has 5 atom stereocenters. The van der Waals surface area contributed by atoms with Crippen LogP contribution in [0.2, 0.25) is 0 Å². The number of ether oxygens (including phenoxy) is 8. The Kier molecular flexibility index (Phi) is 15.1. The zero-order valence-electron chi connectivity index (χ0n) is 45.3. The first-order chi connectivity index (χ1) is 39.5. The Morgan fingerprint density at radius 3 is 2.05 bits per heavy atom. The number of anilines is 1. The summed E-state index contributed by atoms with van der Waals surface area (Å²) in [5.41, 5.74) is 5.84. The van der Waals surface area contributed by atoms with Gasteiger partial charge in [0.25, 0.3) is 23.6 Å². The third kappa shape index (κ3) is 9.54. The van der Waals surface area contributed by atoms with Gasteiger partial charge in [-0.25, -0.2) is 0 Å². The van der Waals surface area contributed by atoms with Crippen molar-refractivity contribution in [2.45, 2.75) is 62.9 Å². The fourth-order valence-corrected chi connectivity index (χ4v) is 12.6. The van der Waals surface area contributed by atoms with Crippen LogP contribution in [0.1, 0.15) is 79.4 Å². The Bertz CT molecular complexity index is 3630. The lowest BCUT2D eigenvalue weighted by molar-refractivity contribution is -0.264. The molecule has 2 fully saturated rings. The normalized spacial score (nSPS) is 21.1. The number of hydrogen-bond donors (Lipinski definition) is 3. The van der Waals surface area contributed by atoms with Crippen molar-refractivity contribution < 1.29 is 66.7 Å². The maximum absolute atomic E-state index is 14.5. The van der Waals surface area contributed by atoms with E-state index in [0.717, 1.165) is 54.1 Å². The van der Waals surface area contributed by atoms with Gasteiger partial charge in [0, 0.05) is 72.9 Å². The molecule has 81 heavy (non-hydrogen) atoms. The maximum atomic E-state index is 14.5. The van der Waals surface area contributed by atoms with Gasteiger partial charge >= 0.3 is 0 Å². The lowest BCUT2D eigenvalue weighted by Crippen LogP contribution is -2.61. The number of aromatic nitrogens is 2. The minimum Gasteiger partial charge on any atom is -0.491 e. The van der Waals surface area contributed by atoms with Gasteiger partial charge in [-0.05, 0) is 67.4 Å². The van der Waals surface area contributed by atoms with E-state index in [2.05, 4.69) is 56.3 Å². The van der Waals surface area contributed by atoms with Crippen molar-refractivity contribution in [1.82, 2.24) is 29.6 Å². The molecule has 0 spiro atoms. The van der Waals surface area contributed by atoms with E-state index in [1.54, 1.807) is 54.5 Å². The molecule has 2 saturated heterocycles. The SMILES string of the molecule is CO[C@@H]1[C@H](N(C)C(=O)c2ccc(OCCOCCOCCOCCOCCOCCNc3cccc4c3C(=O)N(C3CCC(=O)NC3=O)C4=O)cc2)C[C@H]2O[C@]1(C)n1c3ccccc3c3c4c(c5c6ccccc6n2c5c31)C(=O)NC4. The van der Waals surface area contributed by atoms with E-state index < -0.39 is 53.8 Å². The molecule has 21 heteroatoms. The molecule has 0 saturated carbocycles. The molecule has 7 heterocycles. The Morgan fingerprint density at radius 2 is 1.37 bits per heavy atom. The molecule has 7 aromatic rings. The molecule has 1 unspecified atom stereocenters. The third-order valence-electron chi connectivity index (χ3n) is 16.1. The monoisotopic (exact) mass is 1110 g/mol. The Morgan fingerprint density at radius 1 is 0.728 bits per heavy atom. The maximum Gasteiger partial charge on any atom is 0.264 e. The lowest BCUT2D eigenvalue weighted by Gasteiger charge is -2.50. The number of piperidine rings is 1. The van der Waals surface area contributed by atoms with Gasteiger partial charge in [0.15, 0.2) is 5.72 Å². The van der Waals surface area contributed by atoms with Gasteiger partial charge in [-0.2, -0.15) is 0 Å². The van der Waals surface area contributed by atoms with Crippen LogP contribution in [0, 0.1) is 0 Å². The Balaban J connectivity index is 0.551. The largest absolute Gasteiger partial charge is 0.491 e. The summed E-state index contributed by atoms with van der Waals surface area (Å²) in [6, 6.07) is 27.0. The van der Waals surface area contributed by atoms with E-state index >= 15 is 0 Å². The summed E-state index contributed by atoms with van der Waals surface area (Å²) in [7, 11) is 3.51. The van der Waals surface area contributed by atoms with Crippen LogP contribution < -0.4 is 20.7 Å². The van der Waals surface area contributed by atoms with Crippen molar-refractivity contribution in [3.05, 3.63) is 119 Å². The summed E-state index contributed by atoms with van der Waals surface area (Å²) in [5.74, 6) is -1.85. The minimum atomic E-state index is -1.07. The standard InChI is InChI=1S/C60H63N7O14/c1-60-54(74-3)45(33-47(81-60)65-42-13-6-4-9-37(42)50-51-40(34-62-56(51)70)48-38-10-5-7-14-43(38)67(60)53(48)52(50)65)64(2)57(71)35-15-17-36(18-16-35)80-32-31-79-30-29-78-28-27-77-26-25-76-24-23-75-22-21-61-41-12-8-11-39-49(41)59(73)66(58(39)72)44-19-20-46(68)63-55(44)69/h4-18,44-45,47,54,61H,19-34H2,1-3H3,(H,62,70)(H,63,68,69)/t44?,45-,47-,54-,60+/m1/s1. The molecule has 0 aliphatic carbocycles. The van der Waals surface area contributed by atoms with Crippen LogP contribution in [0.25, 0.3) is 43.6 Å². The van der Waals surface area contributed by atoms with Gasteiger partial charge in [0.05, 0.1) is 111 Å². The molecule has 6 amide bonds. The first kappa shape index (κ1) is 53.9. The second-order valence-electron chi connectivity index (χ2n) is 20.8. The number of rotatable bonds is 24. The highest BCUT2D eigenvalue weighted by Crippen LogP contribution is 2.54. The topological polar surface area (TPSA) is 229 Å². The number of benzene rings is 5. The zero-order chi connectivity index (χ0) is 55.9. The van der Waals surface area contributed by atoms with E-state index in [1.165, 1.54) is 0 Å². The van der Waals surface area contributed by atoms with Crippen molar-refractivity contribution in [2.24, 2.45) is 0 Å². The second kappa shape index (κ2) is 22.6. The zero-order valence-corrected chi connectivity index (χ0v) is 45.3. The van der Waals surface area contributed by atoms with E-state index in [1.807, 2.05) is 31.3 Å². The number of hydrogen-bond acceptors (Lipinski definition) is 15. The summed E-state index contributed by atoms with van der Waals surface area (Å²) in [5, 5.41) is 12.4. The van der Waals surface area contributed by atoms with Crippen LogP contribution >= 0.6 is 0 Å². The minimum absolute atomic E-state index is 0.0533. The molecule has 21 nitrogen and oxygen atoms in total. The van der Waals surface area contributed by atoms with E-state index in [-0.39, 0.29) is 35.8 Å². The summed E-state index contributed by atoms with van der Waals surface area (Å²) in [4.78, 5) is 81.3. The number of fused-ring (bicyclic) bond motifs is 14. The van der Waals surface area contributed by atoms with Crippen LogP contribution in [-0.4, -0.2) is 166 Å². The summed E-state index contributed by atoms with van der Waals surface area (Å²) in [6.45, 7) is 6.88. The van der Waals surface area contributed by atoms with Crippen LogP contribution in [0.15, 0.2) is 91.0 Å². The molecule has 5 aliphatic rings. The molecule has 12 rings (SSSR count). The van der Waals surface area contributed by atoms with E-state index in [0.29, 0.717) is 115 Å². The number of methoxy groups -OCH3 is 1. The van der Waals surface area contributed by atoms with Crippen LogP contribution in [-0.2, 0) is 55.0 Å². The third-order valence-corrected chi connectivity index (χ3v) is 16.1. The van der Waals surface area contributed by atoms with E-state index in [9.17, 15) is 28.8 Å². The first-order valence-electron chi connectivity index (χ1n) is 27.5. The average molecular weight is 1110 g/mol. The smallest absolute Gasteiger partial charge is 0.264 e. The fourth-order valence-electron chi connectivity index (χ4n) is 12.6. The van der Waals surface area contributed by atoms with E-state index in [4.69, 9.17) is 37.9 Å². The quantitative estimate of drug-likeness (QED) is 0.0474. The fraction of sp³-hybridized carbons (Fsp3) is 0.400. The van der Waals surface area contributed by atoms with Crippen LogP contribution in [0.3, 0.4) is 0 Å². The van der Waals surface area contributed by atoms with Crippen molar-refractivity contribution >= 4 is 84.7 Å². The van der Waals surface area contributed by atoms with Crippen molar-refractivity contribution in [3.63, 3.8) is 0 Å². The van der Waals surface area contributed by atoms with Gasteiger partial charge < -0.3 is 62.6 Å². The molecule has 5 aliphatic heterocycles. The second-order valence-corrected chi connectivity index (χ2v) is 20.8. The van der Waals surface area contributed by atoms with Gasteiger partial charge in [-0.1, -0.05) is 42.5 Å². The molecule has 5 aromatic carbocycles. The van der Waals surface area contributed by atoms with Crippen molar-refractivity contribution in [1.29, 1.82) is 0 Å². The Hall–Kier alpha value is -7.76. The highest BCUT2D eigenvalue weighted by atomic mass is 16.6. The predicted octanol–water partition coefficient (Wildman–Crippen LogP) is 5.88. The summed E-state index contributed by atoms with van der Waals surface area (Å²) < 4.78 is 52.4. The number of likely N-dealkylation sites (N-methyl/N-ethyl adjacent to an activating group) is 1.